The molecule has 0 bridgehead atoms. The Hall–Kier alpha value is -3.16. The van der Waals surface area contributed by atoms with E-state index in [9.17, 15) is 14.9 Å². The van der Waals surface area contributed by atoms with Gasteiger partial charge in [-0.05, 0) is 48.4 Å². The van der Waals surface area contributed by atoms with Gasteiger partial charge in [0.25, 0.3) is 5.69 Å². The third-order valence-corrected chi connectivity index (χ3v) is 6.27. The van der Waals surface area contributed by atoms with Crippen molar-refractivity contribution in [1.82, 2.24) is 5.43 Å². The number of nitro groups is 1. The van der Waals surface area contributed by atoms with Crippen LogP contribution < -0.4 is 10.2 Å². The van der Waals surface area contributed by atoms with Gasteiger partial charge in [-0.25, -0.2) is 5.43 Å². The lowest BCUT2D eigenvalue weighted by Crippen LogP contribution is -2.22. The molecule has 1 aromatic carbocycles. The third-order valence-electron chi connectivity index (χ3n) is 6.27. The summed E-state index contributed by atoms with van der Waals surface area (Å²) in [6.07, 6.45) is 6.00. The van der Waals surface area contributed by atoms with Crippen LogP contribution in [0.4, 0.5) is 5.69 Å². The predicted molar refractivity (Wildman–Crippen MR) is 107 cm³/mol. The maximum Gasteiger partial charge on any atom is 0.284 e. The van der Waals surface area contributed by atoms with Gasteiger partial charge in [-0.15, -0.1) is 0 Å². The number of carbonyl (C=O) groups excluding carboxylic acids is 1. The van der Waals surface area contributed by atoms with E-state index >= 15 is 0 Å². The Bertz CT molecular complexity index is 982. The molecule has 4 rings (SSSR count). The molecular weight excluding hydrogens is 374 g/mol. The molecule has 2 saturated carbocycles. The van der Waals surface area contributed by atoms with Crippen LogP contribution in [0.2, 0.25) is 0 Å². The van der Waals surface area contributed by atoms with Crippen LogP contribution in [0, 0.1) is 27.4 Å². The molecule has 1 heterocycles. The number of nitrogens with zero attached hydrogens (tertiary/aromatic N) is 2. The molecule has 2 aliphatic carbocycles. The van der Waals surface area contributed by atoms with Crippen LogP contribution in [-0.4, -0.2) is 24.2 Å². The summed E-state index contributed by atoms with van der Waals surface area (Å²) in [7, 11) is 1.45. The summed E-state index contributed by atoms with van der Waals surface area (Å²) in [5.74, 6) is 1.59. The lowest BCUT2D eigenvalue weighted by molar-refractivity contribution is -0.384. The summed E-state index contributed by atoms with van der Waals surface area (Å²) in [6, 6.07) is 7.84. The first kappa shape index (κ1) is 19.2. The zero-order chi connectivity index (χ0) is 20.6. The Balaban J connectivity index is 1.44. The Morgan fingerprint density at radius 2 is 2.21 bits per heavy atom. The number of furan rings is 1. The fourth-order valence-electron chi connectivity index (χ4n) is 4.64. The second kappa shape index (κ2) is 7.35. The first-order valence-electron chi connectivity index (χ1n) is 9.69. The van der Waals surface area contributed by atoms with Gasteiger partial charge in [-0.2, -0.15) is 5.10 Å². The largest absolute Gasteiger partial charge is 0.497 e. The van der Waals surface area contributed by atoms with Crippen molar-refractivity contribution in [2.24, 2.45) is 22.4 Å². The van der Waals surface area contributed by atoms with Gasteiger partial charge in [0.05, 0.1) is 29.9 Å². The number of hydrogen-bond donors (Lipinski definition) is 1. The second-order valence-electron chi connectivity index (χ2n) is 7.91. The predicted octanol–water partition coefficient (Wildman–Crippen LogP) is 4.14. The van der Waals surface area contributed by atoms with Crippen molar-refractivity contribution in [2.45, 2.75) is 32.6 Å². The molecule has 2 fully saturated rings. The Labute approximate surface area is 168 Å². The van der Waals surface area contributed by atoms with E-state index in [-0.39, 0.29) is 22.9 Å². The van der Waals surface area contributed by atoms with Gasteiger partial charge in [0.1, 0.15) is 17.3 Å². The van der Waals surface area contributed by atoms with Gasteiger partial charge < -0.3 is 9.15 Å². The summed E-state index contributed by atoms with van der Waals surface area (Å²) in [6.45, 7) is 2.19. The minimum Gasteiger partial charge on any atom is -0.497 e. The van der Waals surface area contributed by atoms with Gasteiger partial charge in [0, 0.05) is 5.92 Å². The van der Waals surface area contributed by atoms with Gasteiger partial charge in [0.15, 0.2) is 0 Å². The molecule has 0 unspecified atom stereocenters. The number of nitro benzene ring substituents is 1. The average molecular weight is 397 g/mol. The van der Waals surface area contributed by atoms with Gasteiger partial charge >= 0.3 is 0 Å². The van der Waals surface area contributed by atoms with Gasteiger partial charge in [0.2, 0.25) is 5.91 Å². The summed E-state index contributed by atoms with van der Waals surface area (Å²) in [5, 5.41) is 15.4. The van der Waals surface area contributed by atoms with Crippen molar-refractivity contribution in [1.29, 1.82) is 0 Å². The number of nitrogens with one attached hydrogen (secondary N) is 1. The van der Waals surface area contributed by atoms with Crippen molar-refractivity contribution in [3.05, 3.63) is 46.2 Å². The lowest BCUT2D eigenvalue weighted by atomic mass is 9.90. The topological polar surface area (TPSA) is 107 Å². The van der Waals surface area contributed by atoms with Crippen LogP contribution in [0.25, 0.3) is 11.3 Å². The van der Waals surface area contributed by atoms with Crippen LogP contribution in [-0.2, 0) is 4.79 Å². The van der Waals surface area contributed by atoms with Crippen LogP contribution >= 0.6 is 0 Å². The van der Waals surface area contributed by atoms with Gasteiger partial charge in [-0.1, -0.05) is 19.8 Å². The number of fused-ring (bicyclic) bond motifs is 1. The number of benzene rings is 1. The molecule has 0 saturated heterocycles. The fourth-order valence-corrected chi connectivity index (χ4v) is 4.64. The summed E-state index contributed by atoms with van der Waals surface area (Å²) < 4.78 is 10.7. The van der Waals surface area contributed by atoms with E-state index in [4.69, 9.17) is 9.15 Å². The first-order valence-corrected chi connectivity index (χ1v) is 9.69. The van der Waals surface area contributed by atoms with Crippen LogP contribution in [0.1, 0.15) is 38.4 Å². The monoisotopic (exact) mass is 397 g/mol. The summed E-state index contributed by atoms with van der Waals surface area (Å²) in [4.78, 5) is 23.3. The number of hydrogen-bond acceptors (Lipinski definition) is 6. The molecule has 8 nitrogen and oxygen atoms in total. The quantitative estimate of drug-likeness (QED) is 0.448. The van der Waals surface area contributed by atoms with Crippen LogP contribution in [0.3, 0.4) is 0 Å². The van der Waals surface area contributed by atoms with Gasteiger partial charge in [-0.3, -0.25) is 14.9 Å². The zero-order valence-corrected chi connectivity index (χ0v) is 16.4. The minimum atomic E-state index is -0.482. The van der Waals surface area contributed by atoms with E-state index in [1.165, 1.54) is 32.2 Å². The molecule has 1 N–H and O–H groups in total. The smallest absolute Gasteiger partial charge is 0.284 e. The maximum atomic E-state index is 12.4. The van der Waals surface area contributed by atoms with Crippen molar-refractivity contribution in [3.8, 4) is 17.1 Å². The van der Waals surface area contributed by atoms with Crippen LogP contribution in [0.5, 0.6) is 5.75 Å². The number of amides is 1. The summed E-state index contributed by atoms with van der Waals surface area (Å²) >= 11 is 0. The first-order chi connectivity index (χ1) is 13.9. The molecule has 1 aromatic heterocycles. The molecule has 0 aliphatic heterocycles. The molecule has 29 heavy (non-hydrogen) atoms. The highest BCUT2D eigenvalue weighted by atomic mass is 16.6. The zero-order valence-electron chi connectivity index (χ0n) is 16.4. The third kappa shape index (κ3) is 3.50. The van der Waals surface area contributed by atoms with Crippen molar-refractivity contribution in [2.75, 3.05) is 7.11 Å². The highest BCUT2D eigenvalue weighted by Crippen LogP contribution is 2.66. The van der Waals surface area contributed by atoms with E-state index in [1.54, 1.807) is 24.3 Å². The van der Waals surface area contributed by atoms with Crippen LogP contribution in [0.15, 0.2) is 39.9 Å². The SMILES string of the molecule is COc1ccc(-c2ccc(/C=N/NC(=O)[C@@H]3[C@@H]4CCCC[C@]34C)o2)c([N+](=O)[O-])c1. The number of carbonyl (C=O) groups is 1. The number of rotatable bonds is 6. The van der Waals surface area contributed by atoms with Crippen molar-refractivity contribution in [3.63, 3.8) is 0 Å². The van der Waals surface area contributed by atoms with E-state index in [0.29, 0.717) is 28.8 Å². The highest BCUT2D eigenvalue weighted by Gasteiger charge is 2.64. The van der Waals surface area contributed by atoms with E-state index < -0.39 is 4.92 Å². The molecule has 0 radical (unpaired) electrons. The average Bonchev–Trinajstić information content (AvgIpc) is 3.08. The Morgan fingerprint density at radius 3 is 2.90 bits per heavy atom. The highest BCUT2D eigenvalue weighted by molar-refractivity contribution is 5.85. The fraction of sp³-hybridized carbons (Fsp3) is 0.429. The molecule has 1 amide bonds. The summed E-state index contributed by atoms with van der Waals surface area (Å²) in [5.41, 5.74) is 2.97. The molecule has 152 valence electrons. The molecular formula is C21H23N3O5. The Morgan fingerprint density at radius 1 is 1.38 bits per heavy atom. The number of methoxy groups -OCH3 is 1. The molecule has 8 heteroatoms. The molecule has 0 spiro atoms. The minimum absolute atomic E-state index is 0.0382. The standard InChI is InChI=1S/C21H23N3O5/c1-21-10-4-3-5-16(21)19(21)20(25)23-22-12-14-7-9-18(29-14)15-8-6-13(28-2)11-17(15)24(26)27/h6-9,11-12,16,19H,3-5,10H2,1-2H3,(H,23,25)/b22-12+/t16-,19-,21-/m0/s1. The lowest BCUT2D eigenvalue weighted by Gasteiger charge is -2.15. The van der Waals surface area contributed by atoms with E-state index in [2.05, 4.69) is 17.5 Å². The molecule has 3 atom stereocenters. The molecule has 2 aromatic rings. The second-order valence-corrected chi connectivity index (χ2v) is 7.91. The molecule has 2 aliphatic rings. The number of ether oxygens (including phenoxy) is 1. The van der Waals surface area contributed by atoms with E-state index in [1.807, 2.05) is 0 Å². The Kier molecular flexibility index (Phi) is 4.86. The number of hydrazone groups is 1. The van der Waals surface area contributed by atoms with Crippen molar-refractivity contribution >= 4 is 17.8 Å². The van der Waals surface area contributed by atoms with E-state index in [0.717, 1.165) is 12.8 Å². The maximum absolute atomic E-state index is 12.4. The normalized spacial score (nSPS) is 25.4. The van der Waals surface area contributed by atoms with Crippen molar-refractivity contribution < 1.29 is 18.9 Å².